The minimum Gasteiger partial charge on any atom is -0.274 e. The highest BCUT2D eigenvalue weighted by Crippen LogP contribution is 2.35. The van der Waals surface area contributed by atoms with Gasteiger partial charge in [-0.25, -0.2) is 31.6 Å². The Morgan fingerprint density at radius 1 is 1.38 bits per heavy atom. The van der Waals surface area contributed by atoms with Gasteiger partial charge in [0, 0.05) is 17.9 Å². The molecule has 0 radical (unpaired) electrons. The van der Waals surface area contributed by atoms with Crippen LogP contribution >= 0.6 is 11.8 Å². The summed E-state index contributed by atoms with van der Waals surface area (Å²) in [4.78, 5) is 15.1. The fourth-order valence-electron chi connectivity index (χ4n) is 2.15. The first-order valence-electron chi connectivity index (χ1n) is 8.64. The number of pyridine rings is 1. The summed E-state index contributed by atoms with van der Waals surface area (Å²) >= 11 is 1.20. The minimum absolute atomic E-state index is 0.0123. The summed E-state index contributed by atoms with van der Waals surface area (Å²) in [6, 6.07) is 4.23. The second-order valence-electron chi connectivity index (χ2n) is 5.96. The summed E-state index contributed by atoms with van der Waals surface area (Å²) in [5.74, 6) is -0.603. The molecule has 8 nitrogen and oxygen atoms in total. The van der Waals surface area contributed by atoms with Crippen LogP contribution in [0.15, 0.2) is 28.3 Å². The summed E-state index contributed by atoms with van der Waals surface area (Å²) in [6.45, 7) is 5.31. The maximum Gasteiger partial charge on any atom is 0.283 e. The zero-order chi connectivity index (χ0) is 21.8. The number of alkyl halides is 2. The monoisotopic (exact) mass is 443 g/mol. The quantitative estimate of drug-likeness (QED) is 0.623. The lowest BCUT2D eigenvalue weighted by Gasteiger charge is -2.11. The maximum atomic E-state index is 13.3. The highest BCUT2D eigenvalue weighted by Gasteiger charge is 2.27. The lowest BCUT2D eigenvalue weighted by Crippen LogP contribution is -2.29. The van der Waals surface area contributed by atoms with Crippen LogP contribution in [-0.4, -0.2) is 34.3 Å². The van der Waals surface area contributed by atoms with E-state index in [4.69, 9.17) is 0 Å². The molecule has 0 aliphatic carbocycles. The Morgan fingerprint density at radius 2 is 2.07 bits per heavy atom. The first-order chi connectivity index (χ1) is 13.6. The van der Waals surface area contributed by atoms with Crippen LogP contribution in [0.5, 0.6) is 0 Å². The molecule has 0 aliphatic heterocycles. The van der Waals surface area contributed by atoms with Crippen LogP contribution in [0, 0.1) is 11.3 Å². The van der Waals surface area contributed by atoms with Gasteiger partial charge in [0.1, 0.15) is 27.2 Å². The maximum absolute atomic E-state index is 13.3. The van der Waals surface area contributed by atoms with Crippen LogP contribution in [0.25, 0.3) is 5.82 Å². The first kappa shape index (κ1) is 22.8. The van der Waals surface area contributed by atoms with Gasteiger partial charge in [-0.05, 0) is 18.6 Å². The zero-order valence-corrected chi connectivity index (χ0v) is 17.5. The molecule has 0 fully saturated rings. The van der Waals surface area contributed by atoms with Crippen LogP contribution in [0.3, 0.4) is 0 Å². The predicted molar refractivity (Wildman–Crippen MR) is 102 cm³/mol. The topological polar surface area (TPSA) is 118 Å². The van der Waals surface area contributed by atoms with Gasteiger partial charge in [-0.1, -0.05) is 20.8 Å². The minimum atomic E-state index is -4.09. The number of nitrogens with zero attached hydrogens (tertiary/aromatic N) is 4. The molecule has 12 heteroatoms. The molecule has 0 bridgehead atoms. The Balaban J connectivity index is 2.51. The van der Waals surface area contributed by atoms with E-state index in [9.17, 15) is 27.3 Å². The molecule has 2 rings (SSSR count). The number of nitrogens with one attached hydrogen (secondary N) is 1. The van der Waals surface area contributed by atoms with Crippen molar-refractivity contribution in [1.82, 2.24) is 19.5 Å². The Labute approximate surface area is 171 Å². The van der Waals surface area contributed by atoms with E-state index in [-0.39, 0.29) is 33.0 Å². The van der Waals surface area contributed by atoms with Crippen molar-refractivity contribution in [1.29, 1.82) is 5.26 Å². The fourth-order valence-corrected chi connectivity index (χ4v) is 4.20. The summed E-state index contributed by atoms with van der Waals surface area (Å²) in [6.07, 6.45) is -1.24. The van der Waals surface area contributed by atoms with Crippen LogP contribution in [-0.2, 0) is 14.8 Å². The van der Waals surface area contributed by atoms with E-state index in [0.717, 1.165) is 17.3 Å². The molecule has 1 unspecified atom stereocenters. The summed E-state index contributed by atoms with van der Waals surface area (Å²) in [5, 5.41) is 13.4. The van der Waals surface area contributed by atoms with E-state index in [1.165, 1.54) is 30.8 Å². The van der Waals surface area contributed by atoms with Gasteiger partial charge in [0.05, 0.1) is 0 Å². The Bertz CT molecular complexity index is 1030. The van der Waals surface area contributed by atoms with Crippen molar-refractivity contribution in [3.05, 3.63) is 29.6 Å². The first-order valence-corrected chi connectivity index (χ1v) is 11.0. The van der Waals surface area contributed by atoms with Crippen molar-refractivity contribution < 1.29 is 22.0 Å². The van der Waals surface area contributed by atoms with Gasteiger partial charge in [-0.3, -0.25) is 4.79 Å². The van der Waals surface area contributed by atoms with Crippen LogP contribution in [0.1, 0.15) is 51.3 Å². The van der Waals surface area contributed by atoms with Crippen molar-refractivity contribution in [2.45, 2.75) is 55.2 Å². The number of hydrogen-bond donors (Lipinski definition) is 1. The van der Waals surface area contributed by atoms with Crippen LogP contribution in [0.4, 0.5) is 8.78 Å². The molecular formula is C17H19F2N5O3S2. The second-order valence-corrected chi connectivity index (χ2v) is 9.07. The number of rotatable bonds is 8. The number of aromatic nitrogens is 3. The number of nitriles is 1. The van der Waals surface area contributed by atoms with Gasteiger partial charge in [0.2, 0.25) is 5.91 Å². The molecule has 0 aliphatic rings. The fraction of sp³-hybridized carbons (Fsp3) is 0.412. The number of amides is 1. The number of sulfonamides is 1. The van der Waals surface area contributed by atoms with Gasteiger partial charge < -0.3 is 0 Å². The average Bonchev–Trinajstić information content (AvgIpc) is 3.05. The van der Waals surface area contributed by atoms with E-state index >= 15 is 0 Å². The number of carbonyl (C=O) groups excluding carboxylic acids is 1. The molecule has 156 valence electrons. The predicted octanol–water partition coefficient (Wildman–Crippen LogP) is 3.18. The molecule has 1 atom stereocenters. The summed E-state index contributed by atoms with van der Waals surface area (Å²) < 4.78 is 54.0. The molecule has 2 aromatic rings. The Morgan fingerprint density at radius 3 is 2.55 bits per heavy atom. The molecular weight excluding hydrogens is 424 g/mol. The number of carbonyl (C=O) groups is 1. The second kappa shape index (κ2) is 9.32. The molecule has 29 heavy (non-hydrogen) atoms. The molecule has 0 saturated carbocycles. The van der Waals surface area contributed by atoms with Crippen molar-refractivity contribution in [2.75, 3.05) is 0 Å². The van der Waals surface area contributed by atoms with Gasteiger partial charge in [0.25, 0.3) is 16.4 Å². The van der Waals surface area contributed by atoms with Gasteiger partial charge in [0.15, 0.2) is 5.82 Å². The van der Waals surface area contributed by atoms with E-state index < -0.39 is 28.0 Å². The van der Waals surface area contributed by atoms with Crippen molar-refractivity contribution in [3.63, 3.8) is 0 Å². The number of hydrogen-bond acceptors (Lipinski definition) is 7. The van der Waals surface area contributed by atoms with E-state index in [1.54, 1.807) is 6.07 Å². The standard InChI is InChI=1S/C17H19F2N5O3S2/c1-4-10(3)28-17-12(8-20)15(16(18)19)22-24(17)13-7-6-11(9-21-13)29(26,27)23-14(25)5-2/h6-7,9-10,16H,4-5H2,1-3H3,(H,23,25). The third-order valence-corrected chi connectivity index (χ3v) is 6.59. The van der Waals surface area contributed by atoms with Crippen molar-refractivity contribution >= 4 is 27.7 Å². The summed E-state index contributed by atoms with van der Waals surface area (Å²) in [5.41, 5.74) is -0.897. The molecule has 0 saturated heterocycles. The normalized spacial score (nSPS) is 12.6. The zero-order valence-electron chi connectivity index (χ0n) is 15.9. The lowest BCUT2D eigenvalue weighted by molar-refractivity contribution is -0.119. The summed E-state index contributed by atoms with van der Waals surface area (Å²) in [7, 11) is -4.09. The molecule has 1 N–H and O–H groups in total. The number of halogens is 2. The van der Waals surface area contributed by atoms with Crippen LogP contribution < -0.4 is 4.72 Å². The SMILES string of the molecule is CCC(=O)NS(=O)(=O)c1ccc(-n2nc(C(F)F)c(C#N)c2SC(C)CC)nc1. The number of thioether (sulfide) groups is 1. The average molecular weight is 444 g/mol. The molecule has 0 aromatic carbocycles. The third-order valence-electron chi connectivity index (χ3n) is 3.89. The highest BCUT2D eigenvalue weighted by atomic mass is 32.2. The smallest absolute Gasteiger partial charge is 0.274 e. The lowest BCUT2D eigenvalue weighted by atomic mass is 10.3. The van der Waals surface area contributed by atoms with E-state index in [1.807, 2.05) is 18.6 Å². The molecule has 2 heterocycles. The molecule has 0 spiro atoms. The van der Waals surface area contributed by atoms with Crippen molar-refractivity contribution in [2.24, 2.45) is 0 Å². The van der Waals surface area contributed by atoms with Crippen molar-refractivity contribution in [3.8, 4) is 11.9 Å². The third kappa shape index (κ3) is 5.10. The Kier molecular flexibility index (Phi) is 7.32. The van der Waals surface area contributed by atoms with E-state index in [0.29, 0.717) is 0 Å². The molecule has 2 aromatic heterocycles. The van der Waals surface area contributed by atoms with E-state index in [2.05, 4.69) is 10.1 Å². The van der Waals surface area contributed by atoms with Crippen LogP contribution in [0.2, 0.25) is 0 Å². The largest absolute Gasteiger partial charge is 0.283 e. The van der Waals surface area contributed by atoms with Gasteiger partial charge >= 0.3 is 0 Å². The molecule has 1 amide bonds. The Hall–Kier alpha value is -2.52. The van der Waals surface area contributed by atoms with Gasteiger partial charge in [-0.15, -0.1) is 11.8 Å². The highest BCUT2D eigenvalue weighted by molar-refractivity contribution is 7.99. The van der Waals surface area contributed by atoms with Gasteiger partial charge in [-0.2, -0.15) is 10.4 Å².